The quantitative estimate of drug-likeness (QED) is 0.703. The van der Waals surface area contributed by atoms with Crippen molar-refractivity contribution in [2.75, 3.05) is 6.54 Å². The number of ether oxygens (including phenoxy) is 1. The average molecular weight is 223 g/mol. The van der Waals surface area contributed by atoms with Crippen LogP contribution in [0.4, 0.5) is 8.78 Å². The van der Waals surface area contributed by atoms with Gasteiger partial charge in [0.25, 0.3) is 6.43 Å². The second-order valence-corrected chi connectivity index (χ2v) is 3.17. The van der Waals surface area contributed by atoms with E-state index in [1.54, 1.807) is 0 Å². The molecule has 0 aromatic heterocycles. The lowest BCUT2D eigenvalue weighted by Crippen LogP contribution is -2.37. The third-order valence-corrected chi connectivity index (χ3v) is 2.02. The molecule has 0 aromatic carbocycles. The van der Waals surface area contributed by atoms with Gasteiger partial charge in [0.05, 0.1) is 6.54 Å². The van der Waals surface area contributed by atoms with Crippen LogP contribution in [0.1, 0.15) is 12.8 Å². The number of nitrogens with one attached hydrogen (secondary N) is 1. The van der Waals surface area contributed by atoms with Crippen LogP contribution in [0.5, 0.6) is 0 Å². The maximum Gasteiger partial charge on any atom is 0.332 e. The first-order valence-corrected chi connectivity index (χ1v) is 4.45. The molecule has 0 spiro atoms. The molecule has 0 saturated carbocycles. The monoisotopic (exact) mass is 223 g/mol. The van der Waals surface area contributed by atoms with Crippen molar-refractivity contribution in [1.29, 1.82) is 0 Å². The van der Waals surface area contributed by atoms with Gasteiger partial charge in [-0.3, -0.25) is 4.79 Å². The zero-order chi connectivity index (χ0) is 11.4. The second kappa shape index (κ2) is 5.01. The number of aliphatic carboxylic acids is 1. The second-order valence-electron chi connectivity index (χ2n) is 3.17. The zero-order valence-corrected chi connectivity index (χ0v) is 7.78. The van der Waals surface area contributed by atoms with Gasteiger partial charge in [0.1, 0.15) is 6.10 Å². The lowest BCUT2D eigenvalue weighted by atomic mass is 10.2. The van der Waals surface area contributed by atoms with Crippen molar-refractivity contribution in [2.45, 2.75) is 31.5 Å². The van der Waals surface area contributed by atoms with E-state index >= 15 is 0 Å². The third kappa shape index (κ3) is 3.43. The Kier molecular flexibility index (Phi) is 3.96. The van der Waals surface area contributed by atoms with Crippen molar-refractivity contribution < 1.29 is 28.2 Å². The molecule has 0 aliphatic carbocycles. The van der Waals surface area contributed by atoms with Crippen molar-refractivity contribution in [1.82, 2.24) is 5.32 Å². The van der Waals surface area contributed by atoms with Crippen molar-refractivity contribution in [3.8, 4) is 0 Å². The van der Waals surface area contributed by atoms with E-state index < -0.39 is 37.1 Å². The van der Waals surface area contributed by atoms with E-state index in [2.05, 4.69) is 0 Å². The predicted octanol–water partition coefficient (Wildman–Crippen LogP) is -0.000100. The SMILES string of the molecule is O=C(NCC(F)F)[C@@H]1CC[C@H](C(=O)O)O1. The van der Waals surface area contributed by atoms with Crippen LogP contribution in [-0.4, -0.2) is 42.2 Å². The summed E-state index contributed by atoms with van der Waals surface area (Å²) in [6.07, 6.45) is -4.09. The summed E-state index contributed by atoms with van der Waals surface area (Å²) < 4.78 is 28.3. The molecule has 0 bridgehead atoms. The Balaban J connectivity index is 2.33. The summed E-state index contributed by atoms with van der Waals surface area (Å²) in [5.41, 5.74) is 0. The van der Waals surface area contributed by atoms with Gasteiger partial charge in [-0.05, 0) is 12.8 Å². The smallest absolute Gasteiger partial charge is 0.332 e. The van der Waals surface area contributed by atoms with Crippen molar-refractivity contribution in [2.24, 2.45) is 0 Å². The highest BCUT2D eigenvalue weighted by molar-refractivity contribution is 5.82. The van der Waals surface area contributed by atoms with Crippen LogP contribution < -0.4 is 5.32 Å². The molecule has 1 aliphatic rings. The van der Waals surface area contributed by atoms with E-state index in [0.717, 1.165) is 0 Å². The van der Waals surface area contributed by atoms with Crippen LogP contribution >= 0.6 is 0 Å². The Bertz CT molecular complexity index is 259. The number of hydrogen-bond acceptors (Lipinski definition) is 3. The molecule has 1 aliphatic heterocycles. The largest absolute Gasteiger partial charge is 0.479 e. The van der Waals surface area contributed by atoms with E-state index in [0.29, 0.717) is 0 Å². The molecule has 7 heteroatoms. The maximum atomic E-state index is 11.7. The van der Waals surface area contributed by atoms with Gasteiger partial charge in [-0.1, -0.05) is 0 Å². The van der Waals surface area contributed by atoms with Crippen LogP contribution in [0, 0.1) is 0 Å². The van der Waals surface area contributed by atoms with Gasteiger partial charge in [0.15, 0.2) is 6.10 Å². The number of hydrogen-bond donors (Lipinski definition) is 2. The van der Waals surface area contributed by atoms with Gasteiger partial charge < -0.3 is 15.2 Å². The lowest BCUT2D eigenvalue weighted by Gasteiger charge is -2.11. The Morgan fingerprint density at radius 3 is 2.47 bits per heavy atom. The number of carboxylic acid groups (broad SMARTS) is 1. The summed E-state index contributed by atoms with van der Waals surface area (Å²) in [7, 11) is 0. The number of halogens is 2. The van der Waals surface area contributed by atoms with E-state index in [9.17, 15) is 18.4 Å². The van der Waals surface area contributed by atoms with Crippen molar-refractivity contribution >= 4 is 11.9 Å². The van der Waals surface area contributed by atoms with Crippen molar-refractivity contribution in [3.63, 3.8) is 0 Å². The molecule has 1 heterocycles. The maximum absolute atomic E-state index is 11.7. The summed E-state index contributed by atoms with van der Waals surface area (Å²) in [4.78, 5) is 21.6. The van der Waals surface area contributed by atoms with Crippen LogP contribution in [-0.2, 0) is 14.3 Å². The van der Waals surface area contributed by atoms with Gasteiger partial charge in [0.2, 0.25) is 5.91 Å². The van der Waals surface area contributed by atoms with Crippen LogP contribution in [0.15, 0.2) is 0 Å². The highest BCUT2D eigenvalue weighted by atomic mass is 19.3. The standard InChI is InChI=1S/C8H11F2NO4/c9-6(10)3-11-7(12)4-1-2-5(15-4)8(13)14/h4-6H,1-3H2,(H,11,12)(H,13,14)/t4-,5+/m0/s1. The zero-order valence-electron chi connectivity index (χ0n) is 7.78. The molecule has 1 rings (SSSR count). The summed E-state index contributed by atoms with van der Waals surface area (Å²) in [5.74, 6) is -1.82. The van der Waals surface area contributed by atoms with E-state index in [-0.39, 0.29) is 12.8 Å². The first kappa shape index (κ1) is 11.8. The molecule has 1 amide bonds. The van der Waals surface area contributed by atoms with Gasteiger partial charge in [-0.15, -0.1) is 0 Å². The fourth-order valence-corrected chi connectivity index (χ4v) is 1.30. The Morgan fingerprint density at radius 2 is 2.00 bits per heavy atom. The predicted molar refractivity (Wildman–Crippen MR) is 44.5 cm³/mol. The number of carboxylic acids is 1. The van der Waals surface area contributed by atoms with Crippen LogP contribution in [0.3, 0.4) is 0 Å². The van der Waals surface area contributed by atoms with Gasteiger partial charge in [0, 0.05) is 0 Å². The topological polar surface area (TPSA) is 75.6 Å². The number of amides is 1. The lowest BCUT2D eigenvalue weighted by molar-refractivity contribution is -0.151. The van der Waals surface area contributed by atoms with Crippen LogP contribution in [0.25, 0.3) is 0 Å². The van der Waals surface area contributed by atoms with Gasteiger partial charge in [-0.2, -0.15) is 0 Å². The minimum atomic E-state index is -2.62. The molecule has 2 N–H and O–H groups in total. The number of carbonyl (C=O) groups is 2. The molecular formula is C8H11F2NO4. The molecule has 0 unspecified atom stereocenters. The van der Waals surface area contributed by atoms with Gasteiger partial charge in [-0.25, -0.2) is 13.6 Å². The minimum absolute atomic E-state index is 0.224. The Hall–Kier alpha value is -1.24. The molecule has 1 fully saturated rings. The molecule has 2 atom stereocenters. The van der Waals surface area contributed by atoms with Crippen LogP contribution in [0.2, 0.25) is 0 Å². The molecule has 0 aromatic rings. The number of carbonyl (C=O) groups excluding carboxylic acids is 1. The van der Waals surface area contributed by atoms with Gasteiger partial charge >= 0.3 is 5.97 Å². The molecule has 5 nitrogen and oxygen atoms in total. The summed E-state index contributed by atoms with van der Waals surface area (Å²) in [6, 6.07) is 0. The molecular weight excluding hydrogens is 212 g/mol. The van der Waals surface area contributed by atoms with E-state index in [1.165, 1.54) is 0 Å². The first-order valence-electron chi connectivity index (χ1n) is 4.45. The Morgan fingerprint density at radius 1 is 1.40 bits per heavy atom. The van der Waals surface area contributed by atoms with E-state index in [4.69, 9.17) is 9.84 Å². The highest BCUT2D eigenvalue weighted by Gasteiger charge is 2.34. The number of alkyl halides is 2. The summed E-state index contributed by atoms with van der Waals surface area (Å²) in [6.45, 7) is -0.740. The first-order chi connectivity index (χ1) is 7.00. The summed E-state index contributed by atoms with van der Waals surface area (Å²) in [5, 5.41) is 10.5. The number of rotatable bonds is 4. The highest BCUT2D eigenvalue weighted by Crippen LogP contribution is 2.19. The fourth-order valence-electron chi connectivity index (χ4n) is 1.30. The molecule has 1 saturated heterocycles. The summed E-state index contributed by atoms with van der Waals surface area (Å²) >= 11 is 0. The third-order valence-electron chi connectivity index (χ3n) is 2.02. The minimum Gasteiger partial charge on any atom is -0.479 e. The Labute approximate surface area is 84.4 Å². The molecule has 0 radical (unpaired) electrons. The normalized spacial score (nSPS) is 25.5. The average Bonchev–Trinajstić information content (AvgIpc) is 2.62. The molecule has 15 heavy (non-hydrogen) atoms. The van der Waals surface area contributed by atoms with E-state index in [1.807, 2.05) is 5.32 Å². The van der Waals surface area contributed by atoms with Crippen molar-refractivity contribution in [3.05, 3.63) is 0 Å². The molecule has 86 valence electrons. The fraction of sp³-hybridized carbons (Fsp3) is 0.750.